The third-order valence-electron chi connectivity index (χ3n) is 3.92. The van der Waals surface area contributed by atoms with E-state index in [1.165, 1.54) is 6.07 Å². The highest BCUT2D eigenvalue weighted by molar-refractivity contribution is 5.67. The second kappa shape index (κ2) is 9.02. The lowest BCUT2D eigenvalue weighted by atomic mass is 10.0. The minimum Gasteiger partial charge on any atom is -0.445 e. The Morgan fingerprint density at radius 3 is 2.65 bits per heavy atom. The van der Waals surface area contributed by atoms with Crippen molar-refractivity contribution in [2.24, 2.45) is 0 Å². The molecule has 0 aliphatic carbocycles. The fourth-order valence-electron chi connectivity index (χ4n) is 2.42. The summed E-state index contributed by atoms with van der Waals surface area (Å²) in [6.07, 6.45) is -2.75. The molecule has 0 spiro atoms. The van der Waals surface area contributed by atoms with Gasteiger partial charge in [-0.15, -0.1) is 0 Å². The smallest absolute Gasteiger partial charge is 0.407 e. The van der Waals surface area contributed by atoms with Crippen LogP contribution < -0.4 is 16.8 Å². The first-order valence-corrected chi connectivity index (χ1v) is 8.21. The van der Waals surface area contributed by atoms with Crippen LogP contribution in [0.2, 0.25) is 0 Å². The quantitative estimate of drug-likeness (QED) is 0.500. The van der Waals surface area contributed by atoms with Crippen molar-refractivity contribution in [3.8, 4) is 0 Å². The number of aliphatic hydroxyl groups excluding tert-OH is 2. The maximum atomic E-state index is 11.7. The molecule has 0 aliphatic rings. The van der Waals surface area contributed by atoms with Crippen LogP contribution in [0.5, 0.6) is 0 Å². The zero-order valence-electron chi connectivity index (χ0n) is 14.6. The molecule has 0 saturated carbocycles. The molecule has 1 heterocycles. The van der Waals surface area contributed by atoms with Gasteiger partial charge >= 0.3 is 6.09 Å². The number of nitrogens with two attached hydrogens (primary N) is 2. The van der Waals surface area contributed by atoms with Gasteiger partial charge in [-0.1, -0.05) is 30.3 Å². The van der Waals surface area contributed by atoms with Gasteiger partial charge in [-0.2, -0.15) is 0 Å². The number of nitrogen functional groups attached to an aromatic ring is 2. The number of benzene rings is 1. The van der Waals surface area contributed by atoms with Gasteiger partial charge in [0.2, 0.25) is 0 Å². The number of aryl methyl sites for hydroxylation is 1. The lowest BCUT2D eigenvalue weighted by Gasteiger charge is -2.20. The molecule has 1 amide bonds. The van der Waals surface area contributed by atoms with Crippen molar-refractivity contribution in [1.29, 1.82) is 0 Å². The Labute approximate surface area is 151 Å². The molecule has 7 N–H and O–H groups in total. The lowest BCUT2D eigenvalue weighted by molar-refractivity contribution is 0.0131. The van der Waals surface area contributed by atoms with Gasteiger partial charge in [-0.3, -0.25) is 0 Å². The number of hydrogen-bond acceptors (Lipinski definition) is 7. The number of carbonyl (C=O) groups excluding carboxylic acids is 1. The highest BCUT2D eigenvalue weighted by atomic mass is 16.5. The summed E-state index contributed by atoms with van der Waals surface area (Å²) in [5.74, 6) is 0.177. The Bertz CT molecular complexity index is 739. The highest BCUT2D eigenvalue weighted by Gasteiger charge is 2.21. The first kappa shape index (κ1) is 19.5. The molecule has 1 aromatic carbocycles. The Kier molecular flexibility index (Phi) is 6.76. The van der Waals surface area contributed by atoms with Crippen molar-refractivity contribution in [3.05, 3.63) is 53.2 Å². The average molecular weight is 360 g/mol. The highest BCUT2D eigenvalue weighted by Crippen LogP contribution is 2.25. The minimum absolute atomic E-state index is 0.130. The molecule has 0 aliphatic heterocycles. The van der Waals surface area contributed by atoms with Crippen molar-refractivity contribution in [2.45, 2.75) is 32.2 Å². The zero-order chi connectivity index (χ0) is 19.1. The van der Waals surface area contributed by atoms with Crippen LogP contribution >= 0.6 is 0 Å². The molecule has 2 atom stereocenters. The maximum Gasteiger partial charge on any atom is 0.407 e. The zero-order valence-corrected chi connectivity index (χ0v) is 14.6. The molecule has 2 unspecified atom stereocenters. The van der Waals surface area contributed by atoms with Crippen molar-refractivity contribution in [2.75, 3.05) is 18.0 Å². The summed E-state index contributed by atoms with van der Waals surface area (Å²) in [6.45, 7) is 1.97. The number of anilines is 2. The van der Waals surface area contributed by atoms with Gasteiger partial charge in [-0.05, 0) is 25.0 Å². The molecule has 140 valence electrons. The molecular weight excluding hydrogens is 336 g/mol. The van der Waals surface area contributed by atoms with Gasteiger partial charge in [0.1, 0.15) is 18.5 Å². The first-order chi connectivity index (χ1) is 12.4. The number of aliphatic hydroxyl groups is 2. The number of alkyl carbamates (subject to hydrolysis) is 1. The number of aromatic nitrogens is 1. The molecule has 1 aromatic heterocycles. The summed E-state index contributed by atoms with van der Waals surface area (Å²) in [6, 6.07) is 10.8. The third kappa shape index (κ3) is 5.33. The monoisotopic (exact) mass is 360 g/mol. The Morgan fingerprint density at radius 1 is 1.27 bits per heavy atom. The SMILES string of the molecule is Cc1nc(N)c(N)cc1C(O)C(O)CCNC(=O)OCc1ccccc1. The summed E-state index contributed by atoms with van der Waals surface area (Å²) >= 11 is 0. The van der Waals surface area contributed by atoms with E-state index in [0.29, 0.717) is 11.3 Å². The summed E-state index contributed by atoms with van der Waals surface area (Å²) < 4.78 is 5.07. The van der Waals surface area contributed by atoms with Crippen LogP contribution in [0, 0.1) is 6.92 Å². The summed E-state index contributed by atoms with van der Waals surface area (Å²) in [5, 5.41) is 22.9. The standard InChI is InChI=1S/C18H24N4O4/c1-11-13(9-14(19)17(20)22-11)16(24)15(23)7-8-21-18(25)26-10-12-5-3-2-4-6-12/h2-6,9,15-16,23-24H,7-8,10,19H2,1H3,(H2,20,22)(H,21,25). The molecule has 0 bridgehead atoms. The van der Waals surface area contributed by atoms with E-state index < -0.39 is 18.3 Å². The van der Waals surface area contributed by atoms with Gasteiger partial charge in [-0.25, -0.2) is 9.78 Å². The second-order valence-electron chi connectivity index (χ2n) is 5.93. The molecule has 2 rings (SSSR count). The predicted octanol–water partition coefficient (Wildman–Crippen LogP) is 1.27. The van der Waals surface area contributed by atoms with Crippen LogP contribution in [-0.2, 0) is 11.3 Å². The Balaban J connectivity index is 1.78. The van der Waals surface area contributed by atoms with Crippen molar-refractivity contribution in [1.82, 2.24) is 10.3 Å². The van der Waals surface area contributed by atoms with Crippen molar-refractivity contribution < 1.29 is 19.7 Å². The third-order valence-corrected chi connectivity index (χ3v) is 3.92. The van der Waals surface area contributed by atoms with E-state index in [1.807, 2.05) is 30.3 Å². The largest absolute Gasteiger partial charge is 0.445 e. The Hall–Kier alpha value is -2.84. The van der Waals surface area contributed by atoms with Gasteiger partial charge in [0, 0.05) is 17.8 Å². The van der Waals surface area contributed by atoms with E-state index in [1.54, 1.807) is 6.92 Å². The lowest BCUT2D eigenvalue weighted by Crippen LogP contribution is -2.30. The van der Waals surface area contributed by atoms with Crippen LogP contribution in [0.4, 0.5) is 16.3 Å². The minimum atomic E-state index is -1.19. The molecule has 0 saturated heterocycles. The fraction of sp³-hybridized carbons (Fsp3) is 0.333. The van der Waals surface area contributed by atoms with Crippen LogP contribution in [0.15, 0.2) is 36.4 Å². The normalized spacial score (nSPS) is 13.0. The Morgan fingerprint density at radius 2 is 1.96 bits per heavy atom. The maximum absolute atomic E-state index is 11.7. The molecular formula is C18H24N4O4. The second-order valence-corrected chi connectivity index (χ2v) is 5.93. The fourth-order valence-corrected chi connectivity index (χ4v) is 2.42. The molecule has 26 heavy (non-hydrogen) atoms. The summed E-state index contributed by atoms with van der Waals surface area (Å²) in [7, 11) is 0. The van der Waals surface area contributed by atoms with Gasteiger partial charge in [0.25, 0.3) is 0 Å². The average Bonchev–Trinajstić information content (AvgIpc) is 2.63. The van der Waals surface area contributed by atoms with Crippen molar-refractivity contribution in [3.63, 3.8) is 0 Å². The molecule has 0 radical (unpaired) electrons. The summed E-state index contributed by atoms with van der Waals surface area (Å²) in [5.41, 5.74) is 13.3. The topological polar surface area (TPSA) is 144 Å². The van der Waals surface area contributed by atoms with E-state index >= 15 is 0 Å². The molecule has 2 aromatic rings. The number of nitrogens with one attached hydrogen (secondary N) is 1. The van der Waals surface area contributed by atoms with Crippen LogP contribution in [-0.4, -0.2) is 33.9 Å². The number of rotatable bonds is 7. The number of amides is 1. The van der Waals surface area contributed by atoms with E-state index in [-0.39, 0.29) is 31.1 Å². The van der Waals surface area contributed by atoms with E-state index in [9.17, 15) is 15.0 Å². The van der Waals surface area contributed by atoms with Crippen molar-refractivity contribution >= 4 is 17.6 Å². The molecule has 0 fully saturated rings. The van der Waals surface area contributed by atoms with E-state index in [0.717, 1.165) is 5.56 Å². The number of nitrogens with zero attached hydrogens (tertiary/aromatic N) is 1. The van der Waals surface area contributed by atoms with E-state index in [4.69, 9.17) is 16.2 Å². The number of hydrogen-bond donors (Lipinski definition) is 5. The van der Waals surface area contributed by atoms with Gasteiger partial charge < -0.3 is 31.7 Å². The van der Waals surface area contributed by atoms with Gasteiger partial charge in [0.15, 0.2) is 0 Å². The van der Waals surface area contributed by atoms with Gasteiger partial charge in [0.05, 0.1) is 11.8 Å². The number of ether oxygens (including phenoxy) is 1. The first-order valence-electron chi connectivity index (χ1n) is 8.21. The molecule has 8 nitrogen and oxygen atoms in total. The predicted molar refractivity (Wildman–Crippen MR) is 98.0 cm³/mol. The number of carbonyl (C=O) groups is 1. The summed E-state index contributed by atoms with van der Waals surface area (Å²) in [4.78, 5) is 15.7. The van der Waals surface area contributed by atoms with Crippen LogP contribution in [0.1, 0.15) is 29.3 Å². The van der Waals surface area contributed by atoms with E-state index in [2.05, 4.69) is 10.3 Å². The van der Waals surface area contributed by atoms with Crippen LogP contribution in [0.3, 0.4) is 0 Å². The van der Waals surface area contributed by atoms with Crippen LogP contribution in [0.25, 0.3) is 0 Å². The number of pyridine rings is 1. The molecule has 8 heteroatoms.